The van der Waals surface area contributed by atoms with Crippen LogP contribution in [0.1, 0.15) is 22.8 Å². The molecule has 0 bridgehead atoms. The van der Waals surface area contributed by atoms with Gasteiger partial charge in [-0.15, -0.1) is 0 Å². The Morgan fingerprint density at radius 2 is 2.24 bits per heavy atom. The number of aromatic nitrogens is 1. The van der Waals surface area contributed by atoms with Gasteiger partial charge in [-0.05, 0) is 33.0 Å². The summed E-state index contributed by atoms with van der Waals surface area (Å²) in [5, 5.41) is 13.9. The van der Waals surface area contributed by atoms with Crippen molar-refractivity contribution in [3.8, 4) is 0 Å². The van der Waals surface area contributed by atoms with Crippen LogP contribution in [0.5, 0.6) is 0 Å². The van der Waals surface area contributed by atoms with Crippen LogP contribution in [0.2, 0.25) is 0 Å². The van der Waals surface area contributed by atoms with E-state index in [1.165, 1.54) is 0 Å². The number of aliphatic hydroxyl groups is 1. The van der Waals surface area contributed by atoms with Gasteiger partial charge >= 0.3 is 0 Å². The zero-order valence-corrected chi connectivity index (χ0v) is 12.7. The summed E-state index contributed by atoms with van der Waals surface area (Å²) in [6.45, 7) is 5.66. The van der Waals surface area contributed by atoms with E-state index in [1.54, 1.807) is 6.26 Å². The van der Waals surface area contributed by atoms with Crippen molar-refractivity contribution >= 4 is 0 Å². The molecule has 0 aliphatic rings. The van der Waals surface area contributed by atoms with Crippen molar-refractivity contribution in [3.63, 3.8) is 0 Å². The average Bonchev–Trinajstić information content (AvgIpc) is 3.04. The van der Waals surface area contributed by atoms with Crippen LogP contribution in [0.3, 0.4) is 0 Å². The number of hydrogen-bond acceptors (Lipinski definition) is 6. The molecule has 21 heavy (non-hydrogen) atoms. The molecule has 0 spiro atoms. The number of hydrogen-bond donors (Lipinski definition) is 1. The van der Waals surface area contributed by atoms with Crippen LogP contribution in [-0.2, 0) is 17.9 Å². The lowest BCUT2D eigenvalue weighted by molar-refractivity contribution is 0.00762. The minimum Gasteiger partial charge on any atom is -0.467 e. The molecule has 0 aromatic carbocycles. The van der Waals surface area contributed by atoms with Crippen LogP contribution in [0.15, 0.2) is 27.3 Å². The minimum absolute atomic E-state index is 0.270. The summed E-state index contributed by atoms with van der Waals surface area (Å²) in [7, 11) is 1.95. The number of rotatable bonds is 8. The van der Waals surface area contributed by atoms with Gasteiger partial charge in [-0.1, -0.05) is 5.16 Å². The number of aryl methyl sites for hydroxylation is 2. The number of aliphatic hydroxyl groups excluding tert-OH is 1. The molecule has 1 N–H and O–H groups in total. The van der Waals surface area contributed by atoms with E-state index < -0.39 is 6.10 Å². The van der Waals surface area contributed by atoms with Gasteiger partial charge in [0.2, 0.25) is 0 Å². The Hall–Kier alpha value is -1.63. The van der Waals surface area contributed by atoms with Gasteiger partial charge in [0, 0.05) is 18.7 Å². The normalized spacial score (nSPS) is 13.0. The molecule has 0 radical (unpaired) electrons. The molecule has 0 unspecified atom stereocenters. The number of ether oxygens (including phenoxy) is 1. The first kappa shape index (κ1) is 15.8. The summed E-state index contributed by atoms with van der Waals surface area (Å²) in [6, 6.07) is 3.66. The SMILES string of the molecule is Cc1noc(C)c1CN(C)C[C@@H](O)COCc1ccco1. The van der Waals surface area contributed by atoms with Crippen molar-refractivity contribution in [1.82, 2.24) is 10.1 Å². The van der Waals surface area contributed by atoms with E-state index in [4.69, 9.17) is 13.7 Å². The summed E-state index contributed by atoms with van der Waals surface area (Å²) in [6.07, 6.45) is 1.05. The molecule has 2 aromatic rings. The Kier molecular flexibility index (Phi) is 5.55. The molecule has 6 heteroatoms. The maximum absolute atomic E-state index is 9.98. The Balaban J connectivity index is 1.70. The van der Waals surface area contributed by atoms with Gasteiger partial charge in [-0.2, -0.15) is 0 Å². The molecule has 116 valence electrons. The van der Waals surface area contributed by atoms with Crippen molar-refractivity contribution in [2.75, 3.05) is 20.2 Å². The van der Waals surface area contributed by atoms with Crippen LogP contribution in [0.25, 0.3) is 0 Å². The first-order valence-electron chi connectivity index (χ1n) is 6.94. The Morgan fingerprint density at radius 3 is 2.86 bits per heavy atom. The number of likely N-dealkylation sites (N-methyl/N-ethyl adjacent to an activating group) is 1. The zero-order valence-electron chi connectivity index (χ0n) is 12.7. The van der Waals surface area contributed by atoms with Crippen molar-refractivity contribution in [2.45, 2.75) is 33.1 Å². The predicted octanol–water partition coefficient (Wildman–Crippen LogP) is 1.89. The predicted molar refractivity (Wildman–Crippen MR) is 76.7 cm³/mol. The summed E-state index contributed by atoms with van der Waals surface area (Å²) in [4.78, 5) is 2.02. The van der Waals surface area contributed by atoms with Crippen LogP contribution >= 0.6 is 0 Å². The smallest absolute Gasteiger partial charge is 0.138 e. The van der Waals surface area contributed by atoms with Gasteiger partial charge < -0.3 is 18.8 Å². The Bertz CT molecular complexity index is 516. The molecule has 2 heterocycles. The molecule has 2 aromatic heterocycles. The lowest BCUT2D eigenvalue weighted by Crippen LogP contribution is -2.32. The fourth-order valence-electron chi connectivity index (χ4n) is 2.16. The standard InChI is InChI=1S/C15H22N2O4/c1-11-15(12(2)21-16-11)8-17(3)7-13(18)9-19-10-14-5-4-6-20-14/h4-6,13,18H,7-10H2,1-3H3/t13-/m1/s1. The lowest BCUT2D eigenvalue weighted by Gasteiger charge is -2.20. The van der Waals surface area contributed by atoms with Crippen molar-refractivity contribution < 1.29 is 18.8 Å². The molecule has 0 aliphatic heterocycles. The van der Waals surface area contributed by atoms with Crippen LogP contribution < -0.4 is 0 Å². The van der Waals surface area contributed by atoms with Gasteiger partial charge in [0.05, 0.1) is 24.7 Å². The fraction of sp³-hybridized carbons (Fsp3) is 0.533. The molecular weight excluding hydrogens is 272 g/mol. The highest BCUT2D eigenvalue weighted by Crippen LogP contribution is 2.14. The van der Waals surface area contributed by atoms with Gasteiger partial charge in [-0.3, -0.25) is 4.90 Å². The molecule has 0 saturated carbocycles. The number of furan rings is 1. The average molecular weight is 294 g/mol. The quantitative estimate of drug-likeness (QED) is 0.801. The lowest BCUT2D eigenvalue weighted by atomic mass is 10.2. The van der Waals surface area contributed by atoms with Crippen molar-refractivity contribution in [1.29, 1.82) is 0 Å². The highest BCUT2D eigenvalue weighted by molar-refractivity contribution is 5.20. The monoisotopic (exact) mass is 294 g/mol. The third-order valence-corrected chi connectivity index (χ3v) is 3.27. The number of nitrogens with zero attached hydrogens (tertiary/aromatic N) is 2. The maximum Gasteiger partial charge on any atom is 0.138 e. The molecular formula is C15H22N2O4. The van der Waals surface area contributed by atoms with E-state index in [0.717, 1.165) is 22.8 Å². The second-order valence-corrected chi connectivity index (χ2v) is 5.25. The summed E-state index contributed by atoms with van der Waals surface area (Å²) in [5.41, 5.74) is 1.96. The van der Waals surface area contributed by atoms with Gasteiger partial charge in [0.1, 0.15) is 18.1 Å². The third-order valence-electron chi connectivity index (χ3n) is 3.27. The molecule has 0 amide bonds. The van der Waals surface area contributed by atoms with Gasteiger partial charge in [0.15, 0.2) is 0 Å². The van der Waals surface area contributed by atoms with E-state index >= 15 is 0 Å². The molecule has 1 atom stereocenters. The molecule has 6 nitrogen and oxygen atoms in total. The Labute approximate surface area is 124 Å². The highest BCUT2D eigenvalue weighted by Gasteiger charge is 2.14. The molecule has 0 aliphatic carbocycles. The molecule has 2 rings (SSSR count). The van der Waals surface area contributed by atoms with E-state index in [9.17, 15) is 5.11 Å². The summed E-state index contributed by atoms with van der Waals surface area (Å²) in [5.74, 6) is 1.58. The second-order valence-electron chi connectivity index (χ2n) is 5.25. The highest BCUT2D eigenvalue weighted by atomic mass is 16.5. The van der Waals surface area contributed by atoms with E-state index in [1.807, 2.05) is 37.9 Å². The first-order chi connectivity index (χ1) is 10.1. The topological polar surface area (TPSA) is 71.9 Å². The fourth-order valence-corrected chi connectivity index (χ4v) is 2.16. The first-order valence-corrected chi connectivity index (χ1v) is 6.94. The van der Waals surface area contributed by atoms with E-state index in [-0.39, 0.29) is 6.61 Å². The largest absolute Gasteiger partial charge is 0.467 e. The van der Waals surface area contributed by atoms with Crippen molar-refractivity contribution in [2.24, 2.45) is 0 Å². The minimum atomic E-state index is -0.551. The zero-order chi connectivity index (χ0) is 15.2. The second kappa shape index (κ2) is 7.40. The van der Waals surface area contributed by atoms with E-state index in [0.29, 0.717) is 19.7 Å². The summed E-state index contributed by atoms with van der Waals surface area (Å²) < 4.78 is 15.7. The van der Waals surface area contributed by atoms with Crippen LogP contribution in [0.4, 0.5) is 0 Å². The maximum atomic E-state index is 9.98. The van der Waals surface area contributed by atoms with Gasteiger partial charge in [0.25, 0.3) is 0 Å². The van der Waals surface area contributed by atoms with Crippen LogP contribution in [-0.4, -0.2) is 41.5 Å². The van der Waals surface area contributed by atoms with Crippen molar-refractivity contribution in [3.05, 3.63) is 41.2 Å². The summed E-state index contributed by atoms with van der Waals surface area (Å²) >= 11 is 0. The van der Waals surface area contributed by atoms with E-state index in [2.05, 4.69) is 5.16 Å². The molecule has 0 fully saturated rings. The third kappa shape index (κ3) is 4.70. The van der Waals surface area contributed by atoms with Crippen LogP contribution in [0, 0.1) is 13.8 Å². The molecule has 0 saturated heterocycles. The van der Waals surface area contributed by atoms with Gasteiger partial charge in [-0.25, -0.2) is 0 Å². The Morgan fingerprint density at radius 1 is 1.43 bits per heavy atom.